The van der Waals surface area contributed by atoms with Gasteiger partial charge in [0.25, 0.3) is 5.91 Å². The summed E-state index contributed by atoms with van der Waals surface area (Å²) in [5, 5.41) is 2.72. The van der Waals surface area contributed by atoms with Gasteiger partial charge in [0.15, 0.2) is 0 Å². The molecule has 128 valence electrons. The molecule has 0 aromatic heterocycles. The molecule has 4 nitrogen and oxygen atoms in total. The third-order valence-corrected chi connectivity index (χ3v) is 4.57. The quantitative estimate of drug-likeness (QED) is 0.778. The summed E-state index contributed by atoms with van der Waals surface area (Å²) >= 11 is 3.49. The summed E-state index contributed by atoms with van der Waals surface area (Å²) in [6.45, 7) is 2.21. The number of aryl methyl sites for hydroxylation is 1. The molecule has 5 heteroatoms. The Bertz CT molecular complexity index is 828. The van der Waals surface area contributed by atoms with E-state index in [0.717, 1.165) is 40.8 Å². The molecule has 0 spiro atoms. The highest BCUT2D eigenvalue weighted by Gasteiger charge is 2.20. The Balaban J connectivity index is 1.72. The van der Waals surface area contributed by atoms with E-state index < -0.39 is 0 Å². The fraction of sp³-hybridized carbons (Fsp3) is 0.200. The predicted molar refractivity (Wildman–Crippen MR) is 105 cm³/mol. The molecule has 1 aliphatic rings. The zero-order chi connectivity index (χ0) is 17.8. The molecule has 1 aliphatic heterocycles. The van der Waals surface area contributed by atoms with Crippen molar-refractivity contribution in [1.29, 1.82) is 0 Å². The van der Waals surface area contributed by atoms with E-state index in [2.05, 4.69) is 27.3 Å². The van der Waals surface area contributed by atoms with Crippen molar-refractivity contribution in [1.82, 2.24) is 0 Å². The van der Waals surface area contributed by atoms with Gasteiger partial charge in [0.1, 0.15) is 0 Å². The van der Waals surface area contributed by atoms with Gasteiger partial charge >= 0.3 is 0 Å². The Hall–Kier alpha value is -2.40. The van der Waals surface area contributed by atoms with Crippen molar-refractivity contribution in [2.45, 2.75) is 19.8 Å². The van der Waals surface area contributed by atoms with Gasteiger partial charge < -0.3 is 10.2 Å². The van der Waals surface area contributed by atoms with Crippen molar-refractivity contribution < 1.29 is 9.59 Å². The Morgan fingerprint density at radius 3 is 2.64 bits per heavy atom. The Morgan fingerprint density at radius 2 is 1.92 bits per heavy atom. The second-order valence-corrected chi connectivity index (χ2v) is 6.92. The number of hydrogen-bond donors (Lipinski definition) is 1. The summed E-state index contributed by atoms with van der Waals surface area (Å²) in [5.41, 5.74) is 3.84. The van der Waals surface area contributed by atoms with E-state index in [9.17, 15) is 9.59 Å². The van der Waals surface area contributed by atoms with Crippen molar-refractivity contribution in [3.8, 4) is 0 Å². The van der Waals surface area contributed by atoms with Crippen LogP contribution in [0, 0.1) is 0 Å². The van der Waals surface area contributed by atoms with Crippen molar-refractivity contribution in [2.24, 2.45) is 0 Å². The molecule has 0 aliphatic carbocycles. The number of nitrogens with zero attached hydrogens (tertiary/aromatic N) is 1. The zero-order valence-corrected chi connectivity index (χ0v) is 15.5. The summed E-state index contributed by atoms with van der Waals surface area (Å²) in [6, 6.07) is 13.4. The molecule has 2 aromatic carbocycles. The lowest BCUT2D eigenvalue weighted by molar-refractivity contribution is -0.115. The van der Waals surface area contributed by atoms with Crippen molar-refractivity contribution in [3.05, 3.63) is 64.1 Å². The van der Waals surface area contributed by atoms with Gasteiger partial charge in [0.2, 0.25) is 5.91 Å². The van der Waals surface area contributed by atoms with Gasteiger partial charge in [0, 0.05) is 35.4 Å². The minimum Gasteiger partial charge on any atom is -0.326 e. The van der Waals surface area contributed by atoms with Gasteiger partial charge in [-0.25, -0.2) is 0 Å². The van der Waals surface area contributed by atoms with E-state index in [1.165, 1.54) is 12.5 Å². The molecule has 2 amide bonds. The highest BCUT2D eigenvalue weighted by atomic mass is 79.9. The molecule has 3 rings (SSSR count). The largest absolute Gasteiger partial charge is 0.326 e. The number of nitrogens with one attached hydrogen (secondary N) is 1. The maximum absolute atomic E-state index is 12.6. The van der Waals surface area contributed by atoms with Crippen LogP contribution >= 0.6 is 15.9 Å². The molecule has 0 fully saturated rings. The minimum atomic E-state index is -0.103. The third kappa shape index (κ3) is 4.37. The van der Waals surface area contributed by atoms with Crippen LogP contribution in [0.1, 0.15) is 24.5 Å². The smallest absolute Gasteiger partial charge is 0.250 e. The number of amides is 2. The van der Waals surface area contributed by atoms with E-state index in [-0.39, 0.29) is 11.8 Å². The van der Waals surface area contributed by atoms with Crippen LogP contribution in [0.15, 0.2) is 53.0 Å². The Morgan fingerprint density at radius 1 is 1.16 bits per heavy atom. The first-order chi connectivity index (χ1) is 12.0. The van der Waals surface area contributed by atoms with E-state index in [1.807, 2.05) is 41.3 Å². The molecule has 0 radical (unpaired) electrons. The molecular weight excluding hydrogens is 380 g/mol. The first-order valence-electron chi connectivity index (χ1n) is 8.18. The maximum Gasteiger partial charge on any atom is 0.250 e. The van der Waals surface area contributed by atoms with Crippen LogP contribution in [0.3, 0.4) is 0 Å². The maximum atomic E-state index is 12.6. The number of rotatable bonds is 3. The lowest BCUT2D eigenvalue weighted by Gasteiger charge is -2.28. The Kier molecular flexibility index (Phi) is 5.34. The van der Waals surface area contributed by atoms with Gasteiger partial charge in [-0.2, -0.15) is 0 Å². The zero-order valence-electron chi connectivity index (χ0n) is 14.0. The van der Waals surface area contributed by atoms with E-state index >= 15 is 0 Å². The molecule has 0 bridgehead atoms. The summed E-state index contributed by atoms with van der Waals surface area (Å²) in [4.78, 5) is 25.5. The van der Waals surface area contributed by atoms with Gasteiger partial charge in [-0.1, -0.05) is 28.1 Å². The van der Waals surface area contributed by atoms with Gasteiger partial charge in [-0.15, -0.1) is 0 Å². The van der Waals surface area contributed by atoms with Gasteiger partial charge in [-0.05, 0) is 60.4 Å². The molecule has 0 unspecified atom stereocenters. The van der Waals surface area contributed by atoms with Crippen LogP contribution < -0.4 is 10.2 Å². The number of fused-ring (bicyclic) bond motifs is 1. The summed E-state index contributed by atoms with van der Waals surface area (Å²) in [6.07, 6.45) is 5.36. The van der Waals surface area contributed by atoms with E-state index in [0.29, 0.717) is 0 Å². The molecule has 25 heavy (non-hydrogen) atoms. The summed E-state index contributed by atoms with van der Waals surface area (Å²) in [5.74, 6) is -0.122. The molecule has 0 atom stereocenters. The second-order valence-electron chi connectivity index (χ2n) is 6.00. The molecule has 0 saturated heterocycles. The SMILES string of the molecule is CC(=O)Nc1ccc(C=CC(=O)N2CCCc3cc(Br)ccc32)cc1. The monoisotopic (exact) mass is 398 g/mol. The summed E-state index contributed by atoms with van der Waals surface area (Å²) < 4.78 is 1.04. The van der Waals surface area contributed by atoms with Crippen molar-refractivity contribution in [3.63, 3.8) is 0 Å². The number of hydrogen-bond acceptors (Lipinski definition) is 2. The average Bonchev–Trinajstić information content (AvgIpc) is 2.59. The van der Waals surface area contributed by atoms with Gasteiger partial charge in [-0.3, -0.25) is 9.59 Å². The van der Waals surface area contributed by atoms with Crippen molar-refractivity contribution >= 4 is 45.2 Å². The van der Waals surface area contributed by atoms with Crippen LogP contribution in [-0.4, -0.2) is 18.4 Å². The first-order valence-corrected chi connectivity index (χ1v) is 8.98. The van der Waals surface area contributed by atoms with Gasteiger partial charge in [0.05, 0.1) is 0 Å². The minimum absolute atomic E-state index is 0.0193. The fourth-order valence-corrected chi connectivity index (χ4v) is 3.34. The number of halogens is 1. The standard InChI is InChI=1S/C20H19BrN2O2/c1-14(24)22-18-8-4-15(5-9-18)6-11-20(25)23-12-2-3-16-13-17(21)7-10-19(16)23/h4-11,13H,2-3,12H2,1H3,(H,22,24). The van der Waals surface area contributed by atoms with Crippen LogP contribution in [0.5, 0.6) is 0 Å². The Labute approximate surface area is 155 Å². The summed E-state index contributed by atoms with van der Waals surface area (Å²) in [7, 11) is 0. The number of carbonyl (C=O) groups excluding carboxylic acids is 2. The number of carbonyl (C=O) groups is 2. The van der Waals surface area contributed by atoms with Crippen LogP contribution in [0.25, 0.3) is 6.08 Å². The topological polar surface area (TPSA) is 49.4 Å². The third-order valence-electron chi connectivity index (χ3n) is 4.08. The normalized spacial score (nSPS) is 13.6. The lowest BCUT2D eigenvalue weighted by atomic mass is 10.0. The van der Waals surface area contributed by atoms with E-state index in [1.54, 1.807) is 12.2 Å². The molecule has 2 aromatic rings. The molecular formula is C20H19BrN2O2. The number of anilines is 2. The molecule has 0 saturated carbocycles. The molecule has 1 N–H and O–H groups in total. The van der Waals surface area contributed by atoms with Crippen LogP contribution in [0.2, 0.25) is 0 Å². The van der Waals surface area contributed by atoms with Crippen molar-refractivity contribution in [2.75, 3.05) is 16.8 Å². The number of benzene rings is 2. The van der Waals surface area contributed by atoms with E-state index in [4.69, 9.17) is 0 Å². The predicted octanol–water partition coefficient (Wildman–Crippen LogP) is 4.40. The van der Waals surface area contributed by atoms with Crippen LogP contribution in [-0.2, 0) is 16.0 Å². The highest BCUT2D eigenvalue weighted by Crippen LogP contribution is 2.30. The average molecular weight is 399 g/mol. The molecule has 1 heterocycles. The lowest BCUT2D eigenvalue weighted by Crippen LogP contribution is -2.34. The first kappa shape index (κ1) is 17.4. The highest BCUT2D eigenvalue weighted by molar-refractivity contribution is 9.10. The van der Waals surface area contributed by atoms with Crippen LogP contribution in [0.4, 0.5) is 11.4 Å². The fourth-order valence-electron chi connectivity index (χ4n) is 2.93. The second kappa shape index (κ2) is 7.66.